The lowest BCUT2D eigenvalue weighted by Gasteiger charge is -2.24. The molecule has 15 heavy (non-hydrogen) atoms. The maximum atomic E-state index is 11.7. The first-order valence-electron chi connectivity index (χ1n) is 5.25. The number of hydrogen-bond acceptors (Lipinski definition) is 3. The molecule has 1 aliphatic heterocycles. The summed E-state index contributed by atoms with van der Waals surface area (Å²) in [5, 5.41) is 15.0. The minimum absolute atomic E-state index is 0.0203. The Morgan fingerprint density at radius 2 is 2.13 bits per heavy atom. The Hall–Kier alpha value is -0.870. The summed E-state index contributed by atoms with van der Waals surface area (Å²) in [4.78, 5) is 11.7. The van der Waals surface area contributed by atoms with Gasteiger partial charge in [-0.1, -0.05) is 13.8 Å². The van der Waals surface area contributed by atoms with E-state index in [0.717, 1.165) is 18.7 Å². The number of nitrogens with one attached hydrogen (secondary N) is 2. The van der Waals surface area contributed by atoms with Gasteiger partial charge in [-0.05, 0) is 12.5 Å². The van der Waals surface area contributed by atoms with Crippen molar-refractivity contribution in [2.45, 2.75) is 20.8 Å². The predicted octanol–water partition coefficient (Wildman–Crippen LogP) is 0.0408. The zero-order chi connectivity index (χ0) is 11.5. The first-order chi connectivity index (χ1) is 6.96. The van der Waals surface area contributed by atoms with Crippen LogP contribution in [0.3, 0.4) is 0 Å². The normalized spacial score (nSPS) is 15.9. The third-order valence-corrected chi connectivity index (χ3v) is 2.70. The molecule has 0 radical (unpaired) electrons. The van der Waals surface area contributed by atoms with Gasteiger partial charge in [0.25, 0.3) is 0 Å². The van der Waals surface area contributed by atoms with E-state index in [4.69, 9.17) is 5.11 Å². The summed E-state index contributed by atoms with van der Waals surface area (Å²) >= 11 is 0. The van der Waals surface area contributed by atoms with Crippen molar-refractivity contribution < 1.29 is 9.90 Å². The highest BCUT2D eigenvalue weighted by atomic mass is 16.3. The lowest BCUT2D eigenvalue weighted by atomic mass is 9.94. The van der Waals surface area contributed by atoms with E-state index in [-0.39, 0.29) is 17.9 Å². The van der Waals surface area contributed by atoms with E-state index >= 15 is 0 Å². The smallest absolute Gasteiger partial charge is 0.246 e. The lowest BCUT2D eigenvalue weighted by Crippen LogP contribution is -2.40. The molecule has 1 aliphatic rings. The summed E-state index contributed by atoms with van der Waals surface area (Å²) in [7, 11) is 0. The third kappa shape index (κ3) is 3.32. The number of amides is 1. The van der Waals surface area contributed by atoms with Crippen LogP contribution in [0.25, 0.3) is 0 Å². The summed E-state index contributed by atoms with van der Waals surface area (Å²) in [5.74, 6) is -0.0203. The highest BCUT2D eigenvalue weighted by Gasteiger charge is 2.20. The molecule has 4 nitrogen and oxygen atoms in total. The molecule has 1 heterocycles. The summed E-state index contributed by atoms with van der Waals surface area (Å²) in [6, 6.07) is 0. The molecular weight excluding hydrogens is 192 g/mol. The Kier molecular flexibility index (Phi) is 3.88. The fraction of sp³-hybridized carbons (Fsp3) is 0.727. The van der Waals surface area contributed by atoms with E-state index in [1.54, 1.807) is 0 Å². The molecule has 0 aliphatic carbocycles. The summed E-state index contributed by atoms with van der Waals surface area (Å²) < 4.78 is 0. The molecule has 86 valence electrons. The molecule has 1 amide bonds. The molecule has 0 bridgehead atoms. The highest BCUT2D eigenvalue weighted by molar-refractivity contribution is 5.93. The second kappa shape index (κ2) is 4.77. The Bertz CT molecular complexity index is 276. The molecule has 4 heteroatoms. The Balaban J connectivity index is 2.43. The molecule has 0 atom stereocenters. The number of aliphatic hydroxyl groups is 1. The fourth-order valence-corrected chi connectivity index (χ4v) is 1.18. The van der Waals surface area contributed by atoms with Crippen molar-refractivity contribution in [2.75, 3.05) is 26.2 Å². The van der Waals surface area contributed by atoms with Gasteiger partial charge >= 0.3 is 0 Å². The van der Waals surface area contributed by atoms with E-state index in [0.29, 0.717) is 6.54 Å². The van der Waals surface area contributed by atoms with E-state index < -0.39 is 0 Å². The summed E-state index contributed by atoms with van der Waals surface area (Å²) in [5.41, 5.74) is 1.73. The zero-order valence-corrected chi connectivity index (χ0v) is 9.68. The fourth-order valence-electron chi connectivity index (χ4n) is 1.18. The van der Waals surface area contributed by atoms with Crippen molar-refractivity contribution >= 4 is 5.91 Å². The molecule has 3 N–H and O–H groups in total. The molecular formula is C11H20N2O2. The van der Waals surface area contributed by atoms with Gasteiger partial charge in [0.1, 0.15) is 0 Å². The van der Waals surface area contributed by atoms with Gasteiger partial charge in [-0.15, -0.1) is 0 Å². The van der Waals surface area contributed by atoms with Crippen LogP contribution < -0.4 is 10.6 Å². The van der Waals surface area contributed by atoms with Crippen LogP contribution in [0.4, 0.5) is 0 Å². The van der Waals surface area contributed by atoms with Gasteiger partial charge in [-0.3, -0.25) is 4.79 Å². The average Bonchev–Trinajstić information content (AvgIpc) is 2.11. The molecule has 0 saturated carbocycles. The first kappa shape index (κ1) is 12.2. The topological polar surface area (TPSA) is 61.4 Å². The molecule has 0 aromatic heterocycles. The van der Waals surface area contributed by atoms with Crippen LogP contribution in [0.15, 0.2) is 11.1 Å². The third-order valence-electron chi connectivity index (χ3n) is 2.70. The van der Waals surface area contributed by atoms with E-state index in [1.165, 1.54) is 5.57 Å². The van der Waals surface area contributed by atoms with Crippen molar-refractivity contribution in [1.29, 1.82) is 0 Å². The van der Waals surface area contributed by atoms with E-state index in [2.05, 4.69) is 10.6 Å². The average molecular weight is 212 g/mol. The van der Waals surface area contributed by atoms with Crippen molar-refractivity contribution in [3.63, 3.8) is 0 Å². The maximum Gasteiger partial charge on any atom is 0.246 e. The first-order valence-corrected chi connectivity index (χ1v) is 5.25. The van der Waals surface area contributed by atoms with Gasteiger partial charge < -0.3 is 15.7 Å². The Morgan fingerprint density at radius 3 is 2.53 bits per heavy atom. The van der Waals surface area contributed by atoms with E-state index in [1.807, 2.05) is 20.8 Å². The van der Waals surface area contributed by atoms with Crippen LogP contribution >= 0.6 is 0 Å². The van der Waals surface area contributed by atoms with Gasteiger partial charge in [0.05, 0.1) is 0 Å². The number of rotatable bonds is 4. The molecule has 0 aromatic rings. The van der Waals surface area contributed by atoms with Crippen LogP contribution in [-0.2, 0) is 4.79 Å². The van der Waals surface area contributed by atoms with Crippen LogP contribution in [-0.4, -0.2) is 37.3 Å². The second-order valence-corrected chi connectivity index (χ2v) is 4.84. The largest absolute Gasteiger partial charge is 0.396 e. The molecule has 1 saturated heterocycles. The highest BCUT2D eigenvalue weighted by Crippen LogP contribution is 2.13. The zero-order valence-electron chi connectivity index (χ0n) is 9.68. The predicted molar refractivity (Wildman–Crippen MR) is 59.4 cm³/mol. The number of hydrogen-bond donors (Lipinski definition) is 3. The molecule has 0 spiro atoms. The monoisotopic (exact) mass is 212 g/mol. The molecule has 0 unspecified atom stereocenters. The van der Waals surface area contributed by atoms with Gasteiger partial charge in [0, 0.05) is 37.2 Å². The summed E-state index contributed by atoms with van der Waals surface area (Å²) in [6.07, 6.45) is 0. The van der Waals surface area contributed by atoms with Gasteiger partial charge in [0.15, 0.2) is 0 Å². The molecule has 1 fully saturated rings. The minimum atomic E-state index is -0.252. The molecule has 1 rings (SSSR count). The van der Waals surface area contributed by atoms with Crippen LogP contribution in [0.1, 0.15) is 20.8 Å². The SMILES string of the molecule is CC(C(=O)NCC(C)(C)CO)=C1CNC1. The van der Waals surface area contributed by atoms with Gasteiger partial charge in [-0.2, -0.15) is 0 Å². The Morgan fingerprint density at radius 1 is 1.53 bits per heavy atom. The minimum Gasteiger partial charge on any atom is -0.396 e. The lowest BCUT2D eigenvalue weighted by molar-refractivity contribution is -0.118. The van der Waals surface area contributed by atoms with Gasteiger partial charge in [-0.25, -0.2) is 0 Å². The summed E-state index contributed by atoms with van der Waals surface area (Å²) in [6.45, 7) is 7.90. The van der Waals surface area contributed by atoms with Crippen LogP contribution in [0.5, 0.6) is 0 Å². The Labute approximate surface area is 90.7 Å². The number of aliphatic hydroxyl groups excluding tert-OH is 1. The van der Waals surface area contributed by atoms with Crippen molar-refractivity contribution in [1.82, 2.24) is 10.6 Å². The number of carbonyl (C=O) groups is 1. The molecule has 0 aromatic carbocycles. The second-order valence-electron chi connectivity index (χ2n) is 4.84. The van der Waals surface area contributed by atoms with Crippen LogP contribution in [0, 0.1) is 5.41 Å². The van der Waals surface area contributed by atoms with E-state index in [9.17, 15) is 4.79 Å². The van der Waals surface area contributed by atoms with Crippen LogP contribution in [0.2, 0.25) is 0 Å². The maximum absolute atomic E-state index is 11.7. The van der Waals surface area contributed by atoms with Crippen molar-refractivity contribution in [3.8, 4) is 0 Å². The van der Waals surface area contributed by atoms with Crippen molar-refractivity contribution in [3.05, 3.63) is 11.1 Å². The van der Waals surface area contributed by atoms with Crippen molar-refractivity contribution in [2.24, 2.45) is 5.41 Å². The number of carbonyl (C=O) groups excluding carboxylic acids is 1. The quantitative estimate of drug-likeness (QED) is 0.577. The standard InChI is InChI=1S/C11H20N2O2/c1-8(9-4-12-5-9)10(15)13-6-11(2,3)7-14/h12,14H,4-7H2,1-3H3,(H,13,15). The van der Waals surface area contributed by atoms with Gasteiger partial charge in [0.2, 0.25) is 5.91 Å².